The molecule has 144 valence electrons. The summed E-state index contributed by atoms with van der Waals surface area (Å²) in [5.74, 6) is 2.22. The number of aromatic nitrogens is 1. The van der Waals surface area contributed by atoms with Crippen LogP contribution in [0.1, 0.15) is 37.4 Å². The van der Waals surface area contributed by atoms with Crippen LogP contribution in [0, 0.1) is 5.92 Å². The second-order valence-corrected chi connectivity index (χ2v) is 8.68. The third kappa shape index (κ3) is 3.84. The van der Waals surface area contributed by atoms with Gasteiger partial charge < -0.3 is 14.6 Å². The summed E-state index contributed by atoms with van der Waals surface area (Å²) in [6.07, 6.45) is 1.82. The highest BCUT2D eigenvalue weighted by atomic mass is 79.9. The van der Waals surface area contributed by atoms with Crippen LogP contribution >= 0.6 is 28.1 Å². The maximum absolute atomic E-state index is 6.32. The van der Waals surface area contributed by atoms with Gasteiger partial charge in [0.15, 0.2) is 5.11 Å². The van der Waals surface area contributed by atoms with Crippen molar-refractivity contribution in [1.29, 1.82) is 0 Å². The maximum Gasteiger partial charge on any atom is 0.170 e. The van der Waals surface area contributed by atoms with Crippen molar-refractivity contribution >= 4 is 33.3 Å². The van der Waals surface area contributed by atoms with Gasteiger partial charge in [-0.1, -0.05) is 48.0 Å². The Balaban J connectivity index is 1.72. The third-order valence-electron chi connectivity index (χ3n) is 4.81. The fourth-order valence-corrected chi connectivity index (χ4v) is 4.16. The molecule has 0 radical (unpaired) electrons. The SMILES string of the molecule is CC(C)CN1C(=S)N[C@@H](c2ccccn2)[C@@H]1c1ccc(-c2ccc(Br)cc2)o1. The molecule has 1 aromatic carbocycles. The molecule has 6 heteroatoms. The lowest BCUT2D eigenvalue weighted by Gasteiger charge is -2.27. The Morgan fingerprint density at radius 1 is 1.14 bits per heavy atom. The smallest absolute Gasteiger partial charge is 0.170 e. The van der Waals surface area contributed by atoms with Crippen molar-refractivity contribution in [3.8, 4) is 11.3 Å². The van der Waals surface area contributed by atoms with E-state index in [4.69, 9.17) is 16.6 Å². The highest BCUT2D eigenvalue weighted by molar-refractivity contribution is 9.10. The molecule has 0 saturated carbocycles. The molecule has 2 aromatic heterocycles. The Morgan fingerprint density at radius 2 is 1.93 bits per heavy atom. The van der Waals surface area contributed by atoms with Gasteiger partial charge in [-0.3, -0.25) is 4.98 Å². The van der Waals surface area contributed by atoms with Gasteiger partial charge in [-0.05, 0) is 54.5 Å². The number of benzene rings is 1. The number of halogens is 1. The summed E-state index contributed by atoms with van der Waals surface area (Å²) in [6.45, 7) is 5.25. The van der Waals surface area contributed by atoms with Gasteiger partial charge in [-0.25, -0.2) is 0 Å². The van der Waals surface area contributed by atoms with Gasteiger partial charge in [0.25, 0.3) is 0 Å². The lowest BCUT2D eigenvalue weighted by Crippen LogP contribution is -2.32. The van der Waals surface area contributed by atoms with Crippen LogP contribution in [-0.4, -0.2) is 21.5 Å². The van der Waals surface area contributed by atoms with Crippen LogP contribution in [0.15, 0.2) is 69.7 Å². The Morgan fingerprint density at radius 3 is 2.61 bits per heavy atom. The van der Waals surface area contributed by atoms with E-state index < -0.39 is 0 Å². The van der Waals surface area contributed by atoms with Gasteiger partial charge in [0.2, 0.25) is 0 Å². The lowest BCUT2D eigenvalue weighted by atomic mass is 10.0. The van der Waals surface area contributed by atoms with Crippen molar-refractivity contribution in [3.63, 3.8) is 0 Å². The normalized spacial score (nSPS) is 19.3. The molecule has 1 saturated heterocycles. The van der Waals surface area contributed by atoms with Crippen LogP contribution in [0.3, 0.4) is 0 Å². The molecule has 1 aliphatic heterocycles. The van der Waals surface area contributed by atoms with Crippen molar-refractivity contribution in [2.45, 2.75) is 25.9 Å². The first-order valence-electron chi connectivity index (χ1n) is 9.36. The summed E-state index contributed by atoms with van der Waals surface area (Å²) in [6, 6.07) is 18.1. The lowest BCUT2D eigenvalue weighted by molar-refractivity contribution is 0.253. The van der Waals surface area contributed by atoms with Crippen LogP contribution in [-0.2, 0) is 0 Å². The minimum Gasteiger partial charge on any atom is -0.459 e. The summed E-state index contributed by atoms with van der Waals surface area (Å²) in [7, 11) is 0. The molecule has 0 amide bonds. The molecule has 0 unspecified atom stereocenters. The van der Waals surface area contributed by atoms with E-state index >= 15 is 0 Å². The van der Waals surface area contributed by atoms with E-state index in [9.17, 15) is 0 Å². The Bertz CT molecular complexity index is 955. The minimum absolute atomic E-state index is 0.0333. The third-order valence-corrected chi connectivity index (χ3v) is 5.69. The molecular formula is C22H22BrN3OS. The number of nitrogens with one attached hydrogen (secondary N) is 1. The van der Waals surface area contributed by atoms with Gasteiger partial charge in [-0.2, -0.15) is 0 Å². The standard InChI is InChI=1S/C22H22BrN3OS/c1-14(2)13-26-21(20(25-22(26)28)17-5-3-4-12-24-17)19-11-10-18(27-19)15-6-8-16(23)9-7-15/h3-12,14,20-21H,13H2,1-2H3,(H,25,28)/t20-,21-/m0/s1. The molecule has 1 N–H and O–H groups in total. The van der Waals surface area contributed by atoms with Crippen molar-refractivity contribution in [2.24, 2.45) is 5.92 Å². The summed E-state index contributed by atoms with van der Waals surface area (Å²) in [5, 5.41) is 4.21. The fourth-order valence-electron chi connectivity index (χ4n) is 3.59. The first-order valence-corrected chi connectivity index (χ1v) is 10.6. The molecule has 4 rings (SSSR count). The van der Waals surface area contributed by atoms with Crippen LogP contribution in [0.5, 0.6) is 0 Å². The van der Waals surface area contributed by atoms with E-state index in [1.807, 2.05) is 54.7 Å². The topological polar surface area (TPSA) is 41.3 Å². The predicted molar refractivity (Wildman–Crippen MR) is 119 cm³/mol. The van der Waals surface area contributed by atoms with Crippen molar-refractivity contribution in [2.75, 3.05) is 6.54 Å². The van der Waals surface area contributed by atoms with Crippen LogP contribution < -0.4 is 5.32 Å². The number of thiocarbonyl (C=S) groups is 1. The van der Waals surface area contributed by atoms with E-state index in [0.717, 1.165) is 38.9 Å². The summed E-state index contributed by atoms with van der Waals surface area (Å²) < 4.78 is 7.37. The highest BCUT2D eigenvalue weighted by Crippen LogP contribution is 2.40. The van der Waals surface area contributed by atoms with E-state index in [-0.39, 0.29) is 12.1 Å². The zero-order chi connectivity index (χ0) is 19.7. The largest absolute Gasteiger partial charge is 0.459 e. The van der Waals surface area contributed by atoms with Gasteiger partial charge in [0, 0.05) is 22.8 Å². The number of hydrogen-bond acceptors (Lipinski definition) is 3. The minimum atomic E-state index is -0.0450. The molecule has 0 spiro atoms. The van der Waals surface area contributed by atoms with Crippen LogP contribution in [0.25, 0.3) is 11.3 Å². The molecule has 2 atom stereocenters. The van der Waals surface area contributed by atoms with Gasteiger partial charge in [0.1, 0.15) is 17.6 Å². The van der Waals surface area contributed by atoms with Gasteiger partial charge in [0.05, 0.1) is 11.7 Å². The molecule has 3 heterocycles. The molecule has 1 aliphatic rings. The predicted octanol–water partition coefficient (Wildman–Crippen LogP) is 5.73. The zero-order valence-corrected chi connectivity index (χ0v) is 18.2. The summed E-state index contributed by atoms with van der Waals surface area (Å²) in [4.78, 5) is 6.79. The Hall–Kier alpha value is -2.18. The number of pyridine rings is 1. The van der Waals surface area contributed by atoms with Gasteiger partial charge >= 0.3 is 0 Å². The quantitative estimate of drug-likeness (QED) is 0.497. The number of rotatable bonds is 5. The molecule has 28 heavy (non-hydrogen) atoms. The molecule has 1 fully saturated rings. The van der Waals surface area contributed by atoms with Crippen LogP contribution in [0.4, 0.5) is 0 Å². The van der Waals surface area contributed by atoms with E-state index in [1.54, 1.807) is 0 Å². The highest BCUT2D eigenvalue weighted by Gasteiger charge is 2.41. The van der Waals surface area contributed by atoms with Crippen LogP contribution in [0.2, 0.25) is 0 Å². The molecule has 0 aliphatic carbocycles. The second kappa shape index (κ2) is 8.05. The van der Waals surface area contributed by atoms with E-state index in [0.29, 0.717) is 5.92 Å². The molecule has 4 nitrogen and oxygen atoms in total. The fraction of sp³-hybridized carbons (Fsp3) is 0.273. The van der Waals surface area contributed by atoms with Gasteiger partial charge in [-0.15, -0.1) is 0 Å². The average molecular weight is 456 g/mol. The molecular weight excluding hydrogens is 434 g/mol. The van der Waals surface area contributed by atoms with Crippen molar-refractivity contribution < 1.29 is 4.42 Å². The first kappa shape index (κ1) is 19.2. The van der Waals surface area contributed by atoms with E-state index in [1.165, 1.54) is 0 Å². The number of hydrogen-bond donors (Lipinski definition) is 1. The Kier molecular flexibility index (Phi) is 5.51. The summed E-state index contributed by atoms with van der Waals surface area (Å²) >= 11 is 9.15. The maximum atomic E-state index is 6.32. The van der Waals surface area contributed by atoms with E-state index in [2.05, 4.69) is 51.0 Å². The second-order valence-electron chi connectivity index (χ2n) is 7.38. The number of furan rings is 1. The van der Waals surface area contributed by atoms with Crippen molar-refractivity contribution in [1.82, 2.24) is 15.2 Å². The zero-order valence-electron chi connectivity index (χ0n) is 15.8. The Labute approximate surface area is 179 Å². The molecule has 3 aromatic rings. The summed E-state index contributed by atoms with van der Waals surface area (Å²) in [5.41, 5.74) is 2.01. The first-order chi connectivity index (χ1) is 13.5. The van der Waals surface area contributed by atoms with Crippen molar-refractivity contribution in [3.05, 3.63) is 76.7 Å². The molecule has 0 bridgehead atoms. The monoisotopic (exact) mass is 455 g/mol. The number of nitrogens with zero attached hydrogens (tertiary/aromatic N) is 2. The average Bonchev–Trinajstić information content (AvgIpc) is 3.28.